The van der Waals surface area contributed by atoms with Gasteiger partial charge in [-0.3, -0.25) is 14.5 Å². The quantitative estimate of drug-likeness (QED) is 0.124. The molecule has 0 aromatic heterocycles. The summed E-state index contributed by atoms with van der Waals surface area (Å²) in [7, 11) is 1.55. The fourth-order valence-electron chi connectivity index (χ4n) is 5.48. The van der Waals surface area contributed by atoms with E-state index >= 15 is 0 Å². The number of rotatable bonds is 10. The highest BCUT2D eigenvalue weighted by Gasteiger charge is 2.47. The van der Waals surface area contributed by atoms with Gasteiger partial charge in [0.2, 0.25) is 0 Å². The highest BCUT2D eigenvalue weighted by Crippen LogP contribution is 2.43. The number of ketones is 1. The molecule has 1 amide bonds. The number of carbonyl (C=O) groups excluding carboxylic acids is 2. The molecular weight excluding hydrogens is 540 g/mol. The number of Topliss-reactive ketones (excluding diaryl/α,β-unsaturated/α-hetero) is 1. The normalized spacial score (nSPS) is 15.9. The summed E-state index contributed by atoms with van der Waals surface area (Å²) in [6.45, 7) is 8.17. The van der Waals surface area contributed by atoms with Gasteiger partial charge in [-0.15, -0.1) is 0 Å². The number of aliphatic hydroxyl groups is 1. The molecule has 1 fully saturated rings. The number of aliphatic hydroxyl groups excluding tert-OH is 1. The van der Waals surface area contributed by atoms with Gasteiger partial charge in [0, 0.05) is 36.1 Å². The van der Waals surface area contributed by atoms with Crippen molar-refractivity contribution in [3.8, 4) is 11.5 Å². The second-order valence-electron chi connectivity index (χ2n) is 10.4. The Bertz CT molecular complexity index is 1640. The molecule has 1 unspecified atom stereocenters. The number of benzene rings is 4. The van der Waals surface area contributed by atoms with Crippen molar-refractivity contribution in [3.63, 3.8) is 0 Å². The van der Waals surface area contributed by atoms with Gasteiger partial charge in [0.25, 0.3) is 11.7 Å². The molecule has 4 aromatic carbocycles. The zero-order chi connectivity index (χ0) is 30.5. The molecule has 43 heavy (non-hydrogen) atoms. The van der Waals surface area contributed by atoms with Crippen molar-refractivity contribution < 1.29 is 24.2 Å². The molecule has 1 aliphatic rings. The molecule has 0 saturated carbocycles. The number of hydrogen-bond acceptors (Lipinski definition) is 6. The standard InChI is InChI=1S/C36H36N2O5/c1-5-37(6-2)28-18-15-26(16-19-28)33-32(35(40)36(41)38(33)29-13-10-14-30(22-29)42-4)34(39)27-17-20-31(24(3)21-27)43-23-25-11-8-7-9-12-25/h7-22,33,39H,5-6,23H2,1-4H3/b34-32+. The lowest BCUT2D eigenvalue weighted by Crippen LogP contribution is -2.29. The van der Waals surface area contributed by atoms with E-state index in [1.54, 1.807) is 49.6 Å². The van der Waals surface area contributed by atoms with Gasteiger partial charge in [-0.25, -0.2) is 0 Å². The summed E-state index contributed by atoms with van der Waals surface area (Å²) in [5.41, 5.74) is 4.53. The molecule has 7 heteroatoms. The first-order chi connectivity index (χ1) is 20.9. The molecule has 220 valence electrons. The van der Waals surface area contributed by atoms with Gasteiger partial charge in [-0.2, -0.15) is 0 Å². The van der Waals surface area contributed by atoms with Crippen LogP contribution in [0.1, 0.15) is 42.1 Å². The smallest absolute Gasteiger partial charge is 0.300 e. The number of amides is 1. The van der Waals surface area contributed by atoms with Crippen molar-refractivity contribution in [3.05, 3.63) is 125 Å². The maximum atomic E-state index is 13.6. The summed E-state index contributed by atoms with van der Waals surface area (Å²) in [6, 6.07) is 29.1. The van der Waals surface area contributed by atoms with Crippen LogP contribution < -0.4 is 19.3 Å². The SMILES string of the molecule is CCN(CC)c1ccc(C2/C(=C(\O)c3ccc(OCc4ccccc4)c(C)c3)C(=O)C(=O)N2c2cccc(OC)c2)cc1. The van der Waals surface area contributed by atoms with Gasteiger partial charge in [0.05, 0.1) is 18.7 Å². The van der Waals surface area contributed by atoms with Crippen LogP contribution in [0.25, 0.3) is 5.76 Å². The minimum atomic E-state index is -0.841. The van der Waals surface area contributed by atoms with E-state index in [4.69, 9.17) is 9.47 Å². The number of ether oxygens (including phenoxy) is 2. The van der Waals surface area contributed by atoms with Crippen molar-refractivity contribution in [2.75, 3.05) is 30.0 Å². The molecule has 7 nitrogen and oxygen atoms in total. The first kappa shape index (κ1) is 29.5. The minimum absolute atomic E-state index is 0.0285. The Balaban J connectivity index is 1.57. The van der Waals surface area contributed by atoms with Gasteiger partial charge in [-0.1, -0.05) is 48.5 Å². The summed E-state index contributed by atoms with van der Waals surface area (Å²) in [5, 5.41) is 11.7. The van der Waals surface area contributed by atoms with Crippen LogP contribution >= 0.6 is 0 Å². The summed E-state index contributed by atoms with van der Waals surface area (Å²) in [6.07, 6.45) is 0. The van der Waals surface area contributed by atoms with Crippen LogP contribution in [-0.4, -0.2) is 37.0 Å². The van der Waals surface area contributed by atoms with Gasteiger partial charge in [0.15, 0.2) is 0 Å². The zero-order valence-electron chi connectivity index (χ0n) is 24.9. The number of carbonyl (C=O) groups is 2. The number of aryl methyl sites for hydroxylation is 1. The highest BCUT2D eigenvalue weighted by molar-refractivity contribution is 6.51. The number of hydrogen-bond donors (Lipinski definition) is 1. The van der Waals surface area contributed by atoms with E-state index in [1.807, 2.05) is 61.5 Å². The molecule has 0 radical (unpaired) electrons. The summed E-state index contributed by atoms with van der Waals surface area (Å²) >= 11 is 0. The largest absolute Gasteiger partial charge is 0.507 e. The third-order valence-corrected chi connectivity index (χ3v) is 7.80. The minimum Gasteiger partial charge on any atom is -0.507 e. The lowest BCUT2D eigenvalue weighted by Gasteiger charge is -2.27. The van der Waals surface area contributed by atoms with Crippen molar-refractivity contribution in [1.82, 2.24) is 0 Å². The predicted molar refractivity (Wildman–Crippen MR) is 170 cm³/mol. The average molecular weight is 577 g/mol. The van der Waals surface area contributed by atoms with Crippen molar-refractivity contribution >= 4 is 28.8 Å². The summed E-state index contributed by atoms with van der Waals surface area (Å²) in [4.78, 5) is 30.9. The Morgan fingerprint density at radius 2 is 1.60 bits per heavy atom. The van der Waals surface area contributed by atoms with Crippen LogP contribution in [0.3, 0.4) is 0 Å². The van der Waals surface area contributed by atoms with E-state index in [1.165, 1.54) is 4.90 Å². The van der Waals surface area contributed by atoms with Gasteiger partial charge in [0.1, 0.15) is 23.9 Å². The Morgan fingerprint density at radius 1 is 0.884 bits per heavy atom. The second kappa shape index (κ2) is 12.9. The Morgan fingerprint density at radius 3 is 2.26 bits per heavy atom. The maximum Gasteiger partial charge on any atom is 0.300 e. The molecule has 1 aliphatic heterocycles. The molecule has 0 bridgehead atoms. The first-order valence-electron chi connectivity index (χ1n) is 14.4. The van der Waals surface area contributed by atoms with E-state index in [9.17, 15) is 14.7 Å². The molecule has 0 spiro atoms. The number of nitrogens with zero attached hydrogens (tertiary/aromatic N) is 2. The summed E-state index contributed by atoms with van der Waals surface area (Å²) < 4.78 is 11.4. The fraction of sp³-hybridized carbons (Fsp3) is 0.222. The first-order valence-corrected chi connectivity index (χ1v) is 14.4. The van der Waals surface area contributed by atoms with E-state index in [2.05, 4.69) is 18.7 Å². The Labute approximate surface area is 252 Å². The molecule has 1 heterocycles. The second-order valence-corrected chi connectivity index (χ2v) is 10.4. The van der Waals surface area contributed by atoms with Crippen LogP contribution in [0, 0.1) is 6.92 Å². The van der Waals surface area contributed by atoms with E-state index in [0.29, 0.717) is 34.9 Å². The zero-order valence-corrected chi connectivity index (χ0v) is 24.9. The molecule has 1 saturated heterocycles. The Hall–Kier alpha value is -5.04. The Kier molecular flexibility index (Phi) is 8.81. The maximum absolute atomic E-state index is 13.6. The van der Waals surface area contributed by atoms with Gasteiger partial charge < -0.3 is 19.5 Å². The number of anilines is 2. The highest BCUT2D eigenvalue weighted by atomic mass is 16.5. The van der Waals surface area contributed by atoms with Crippen molar-refractivity contribution in [1.29, 1.82) is 0 Å². The van der Waals surface area contributed by atoms with Crippen molar-refractivity contribution in [2.45, 2.75) is 33.4 Å². The van der Waals surface area contributed by atoms with Crippen LogP contribution in [0.4, 0.5) is 11.4 Å². The van der Waals surface area contributed by atoms with Crippen molar-refractivity contribution in [2.24, 2.45) is 0 Å². The fourth-order valence-corrected chi connectivity index (χ4v) is 5.48. The molecule has 0 aliphatic carbocycles. The van der Waals surface area contributed by atoms with Gasteiger partial charge >= 0.3 is 0 Å². The monoisotopic (exact) mass is 576 g/mol. The third kappa shape index (κ3) is 5.97. The van der Waals surface area contributed by atoms with E-state index in [0.717, 1.165) is 29.9 Å². The van der Waals surface area contributed by atoms with E-state index in [-0.39, 0.29) is 11.3 Å². The molecular formula is C36H36N2O5. The van der Waals surface area contributed by atoms with Crippen LogP contribution in [0.2, 0.25) is 0 Å². The van der Waals surface area contributed by atoms with Crippen LogP contribution in [0.5, 0.6) is 11.5 Å². The molecule has 1 atom stereocenters. The molecule has 4 aromatic rings. The van der Waals surface area contributed by atoms with E-state index < -0.39 is 17.7 Å². The lowest BCUT2D eigenvalue weighted by molar-refractivity contribution is -0.132. The van der Waals surface area contributed by atoms with Crippen LogP contribution in [-0.2, 0) is 16.2 Å². The topological polar surface area (TPSA) is 79.3 Å². The molecule has 5 rings (SSSR count). The number of methoxy groups -OCH3 is 1. The van der Waals surface area contributed by atoms with Crippen LogP contribution in [0.15, 0.2) is 103 Å². The summed E-state index contributed by atoms with van der Waals surface area (Å²) in [5.74, 6) is -0.482. The predicted octanol–water partition coefficient (Wildman–Crippen LogP) is 7.06. The average Bonchev–Trinajstić information content (AvgIpc) is 3.31. The lowest BCUT2D eigenvalue weighted by atomic mass is 9.94. The van der Waals surface area contributed by atoms with Gasteiger partial charge in [-0.05, 0) is 79.9 Å². The third-order valence-electron chi connectivity index (χ3n) is 7.80. The molecule has 1 N–H and O–H groups in total.